The second-order valence-electron chi connectivity index (χ2n) is 3.14. The molecule has 2 nitrogen and oxygen atoms in total. The number of fused-ring (bicyclic) bond motifs is 1. The lowest BCUT2D eigenvalue weighted by Gasteiger charge is -2.05. The lowest BCUT2D eigenvalue weighted by atomic mass is 10.1. The number of rotatable bonds is 1. The molecule has 0 aliphatic carbocycles. The Balaban J connectivity index is 2.81. The molecule has 0 saturated heterocycles. The summed E-state index contributed by atoms with van der Waals surface area (Å²) in [6.45, 7) is 1.85. The van der Waals surface area contributed by atoms with E-state index in [9.17, 15) is 4.39 Å². The Morgan fingerprint density at radius 3 is 2.79 bits per heavy atom. The minimum Gasteiger partial charge on any atom is -0.481 e. The largest absolute Gasteiger partial charge is 0.481 e. The second kappa shape index (κ2) is 3.25. The standard InChI is InChI=1S/C11H10FNO/c1-7-5-8-6-9(12)3-4-10(8)11(13-7)14-2/h3-6H,1-2H3. The Bertz CT molecular complexity index is 477. The Morgan fingerprint density at radius 1 is 1.29 bits per heavy atom. The highest BCUT2D eigenvalue weighted by atomic mass is 19.1. The van der Waals surface area contributed by atoms with Crippen LogP contribution in [0.4, 0.5) is 4.39 Å². The third-order valence-corrected chi connectivity index (χ3v) is 2.08. The second-order valence-corrected chi connectivity index (χ2v) is 3.14. The molecule has 2 aromatic rings. The highest BCUT2D eigenvalue weighted by Crippen LogP contribution is 2.24. The van der Waals surface area contributed by atoms with Gasteiger partial charge in [0.05, 0.1) is 7.11 Å². The smallest absolute Gasteiger partial charge is 0.221 e. The summed E-state index contributed by atoms with van der Waals surface area (Å²) in [7, 11) is 1.56. The van der Waals surface area contributed by atoms with Crippen molar-refractivity contribution in [2.75, 3.05) is 7.11 Å². The number of pyridine rings is 1. The fraction of sp³-hybridized carbons (Fsp3) is 0.182. The molecule has 0 atom stereocenters. The van der Waals surface area contributed by atoms with Gasteiger partial charge in [0, 0.05) is 11.1 Å². The minimum absolute atomic E-state index is 0.245. The minimum atomic E-state index is -0.245. The van der Waals surface area contributed by atoms with Crippen LogP contribution in [0.3, 0.4) is 0 Å². The number of hydrogen-bond acceptors (Lipinski definition) is 2. The molecule has 1 heterocycles. The quantitative estimate of drug-likeness (QED) is 0.691. The Kier molecular flexibility index (Phi) is 2.08. The van der Waals surface area contributed by atoms with Crippen LogP contribution >= 0.6 is 0 Å². The lowest BCUT2D eigenvalue weighted by Crippen LogP contribution is -1.91. The molecule has 3 heteroatoms. The van der Waals surface area contributed by atoms with Crippen LogP contribution in [0.2, 0.25) is 0 Å². The van der Waals surface area contributed by atoms with E-state index in [0.717, 1.165) is 16.5 Å². The summed E-state index contributed by atoms with van der Waals surface area (Å²) >= 11 is 0. The van der Waals surface area contributed by atoms with E-state index in [4.69, 9.17) is 4.74 Å². The van der Waals surface area contributed by atoms with Gasteiger partial charge in [-0.15, -0.1) is 0 Å². The van der Waals surface area contributed by atoms with Gasteiger partial charge in [-0.2, -0.15) is 0 Å². The maximum absolute atomic E-state index is 12.9. The number of hydrogen-bond donors (Lipinski definition) is 0. The first-order chi connectivity index (χ1) is 6.70. The molecule has 0 radical (unpaired) electrons. The van der Waals surface area contributed by atoms with Crippen LogP contribution < -0.4 is 4.74 Å². The molecule has 1 aromatic heterocycles. The van der Waals surface area contributed by atoms with E-state index in [1.165, 1.54) is 12.1 Å². The molecule has 0 aliphatic heterocycles. The van der Waals surface area contributed by atoms with E-state index < -0.39 is 0 Å². The number of nitrogens with zero attached hydrogens (tertiary/aromatic N) is 1. The fourth-order valence-electron chi connectivity index (χ4n) is 1.48. The molecule has 0 aliphatic rings. The Morgan fingerprint density at radius 2 is 2.07 bits per heavy atom. The van der Waals surface area contributed by atoms with Crippen molar-refractivity contribution >= 4 is 10.8 Å². The number of aryl methyl sites for hydroxylation is 1. The van der Waals surface area contributed by atoms with E-state index in [1.807, 2.05) is 13.0 Å². The average Bonchev–Trinajstić information content (AvgIpc) is 2.15. The van der Waals surface area contributed by atoms with Gasteiger partial charge in [0.1, 0.15) is 5.82 Å². The van der Waals surface area contributed by atoms with Crippen LogP contribution in [-0.2, 0) is 0 Å². The first-order valence-electron chi connectivity index (χ1n) is 4.31. The first kappa shape index (κ1) is 8.94. The van der Waals surface area contributed by atoms with Crippen molar-refractivity contribution < 1.29 is 9.13 Å². The molecule has 1 aromatic carbocycles. The van der Waals surface area contributed by atoms with Crippen molar-refractivity contribution in [1.82, 2.24) is 4.98 Å². The molecule has 0 bridgehead atoms. The predicted octanol–water partition coefficient (Wildman–Crippen LogP) is 2.69. The third kappa shape index (κ3) is 1.41. The molecule has 2 rings (SSSR count). The normalized spacial score (nSPS) is 10.5. The SMILES string of the molecule is COc1nc(C)cc2cc(F)ccc12. The zero-order valence-electron chi connectivity index (χ0n) is 8.04. The number of methoxy groups -OCH3 is 1. The van der Waals surface area contributed by atoms with Crippen molar-refractivity contribution in [3.63, 3.8) is 0 Å². The van der Waals surface area contributed by atoms with Gasteiger partial charge in [-0.05, 0) is 36.6 Å². The number of aromatic nitrogens is 1. The summed E-state index contributed by atoms with van der Waals surface area (Å²) in [6, 6.07) is 6.39. The number of benzene rings is 1. The van der Waals surface area contributed by atoms with Crippen molar-refractivity contribution in [2.45, 2.75) is 6.92 Å². The molecule has 0 saturated carbocycles. The molecular formula is C11H10FNO. The van der Waals surface area contributed by atoms with E-state index in [2.05, 4.69) is 4.98 Å². The van der Waals surface area contributed by atoms with Gasteiger partial charge in [-0.25, -0.2) is 9.37 Å². The van der Waals surface area contributed by atoms with Gasteiger partial charge in [0.25, 0.3) is 0 Å². The maximum atomic E-state index is 12.9. The summed E-state index contributed by atoms with van der Waals surface area (Å²) < 4.78 is 18.1. The van der Waals surface area contributed by atoms with E-state index in [0.29, 0.717) is 5.88 Å². The van der Waals surface area contributed by atoms with Gasteiger partial charge >= 0.3 is 0 Å². The molecule has 0 unspecified atom stereocenters. The van der Waals surface area contributed by atoms with Crippen molar-refractivity contribution in [3.8, 4) is 5.88 Å². The topological polar surface area (TPSA) is 22.1 Å². The van der Waals surface area contributed by atoms with Crippen LogP contribution in [0.15, 0.2) is 24.3 Å². The van der Waals surface area contributed by atoms with Gasteiger partial charge < -0.3 is 4.74 Å². The molecule has 72 valence electrons. The summed E-state index contributed by atoms with van der Waals surface area (Å²) in [6.07, 6.45) is 0. The highest BCUT2D eigenvalue weighted by Gasteiger charge is 2.04. The van der Waals surface area contributed by atoms with Crippen molar-refractivity contribution in [3.05, 3.63) is 35.8 Å². The van der Waals surface area contributed by atoms with Crippen molar-refractivity contribution in [2.24, 2.45) is 0 Å². The maximum Gasteiger partial charge on any atom is 0.221 e. The van der Waals surface area contributed by atoms with Gasteiger partial charge in [-0.3, -0.25) is 0 Å². The zero-order valence-corrected chi connectivity index (χ0v) is 8.04. The predicted molar refractivity (Wildman–Crippen MR) is 53.0 cm³/mol. The van der Waals surface area contributed by atoms with Crippen LogP contribution in [0.25, 0.3) is 10.8 Å². The molecule has 0 spiro atoms. The molecule has 0 fully saturated rings. The fourth-order valence-corrected chi connectivity index (χ4v) is 1.48. The number of ether oxygens (including phenoxy) is 1. The summed E-state index contributed by atoms with van der Waals surface area (Å²) in [5.74, 6) is 0.296. The average molecular weight is 191 g/mol. The molecule has 0 amide bonds. The Labute approximate surface area is 81.3 Å². The van der Waals surface area contributed by atoms with Gasteiger partial charge in [-0.1, -0.05) is 0 Å². The Hall–Kier alpha value is -1.64. The number of halogens is 1. The van der Waals surface area contributed by atoms with Crippen molar-refractivity contribution in [1.29, 1.82) is 0 Å². The van der Waals surface area contributed by atoms with Crippen LogP contribution in [-0.4, -0.2) is 12.1 Å². The molecule has 0 N–H and O–H groups in total. The highest BCUT2D eigenvalue weighted by molar-refractivity contribution is 5.87. The van der Waals surface area contributed by atoms with Crippen LogP contribution in [0.5, 0.6) is 5.88 Å². The summed E-state index contributed by atoms with van der Waals surface area (Å²) in [5, 5.41) is 1.65. The lowest BCUT2D eigenvalue weighted by molar-refractivity contribution is 0.402. The van der Waals surface area contributed by atoms with Crippen LogP contribution in [0.1, 0.15) is 5.69 Å². The zero-order chi connectivity index (χ0) is 10.1. The summed E-state index contributed by atoms with van der Waals surface area (Å²) in [5.41, 5.74) is 0.819. The third-order valence-electron chi connectivity index (χ3n) is 2.08. The molecule has 14 heavy (non-hydrogen) atoms. The molecular weight excluding hydrogens is 181 g/mol. The van der Waals surface area contributed by atoms with E-state index >= 15 is 0 Å². The summed E-state index contributed by atoms with van der Waals surface area (Å²) in [4.78, 5) is 4.20. The van der Waals surface area contributed by atoms with E-state index in [-0.39, 0.29) is 5.82 Å². The van der Waals surface area contributed by atoms with E-state index in [1.54, 1.807) is 13.2 Å². The first-order valence-corrected chi connectivity index (χ1v) is 4.31. The van der Waals surface area contributed by atoms with Gasteiger partial charge in [0.15, 0.2) is 0 Å². The van der Waals surface area contributed by atoms with Gasteiger partial charge in [0.2, 0.25) is 5.88 Å². The van der Waals surface area contributed by atoms with Crippen LogP contribution in [0, 0.1) is 12.7 Å². The monoisotopic (exact) mass is 191 g/mol.